The van der Waals surface area contributed by atoms with Gasteiger partial charge in [0.1, 0.15) is 6.04 Å². The van der Waals surface area contributed by atoms with Crippen LogP contribution >= 0.6 is 0 Å². The number of amides is 3. The Hall–Kier alpha value is -2.29. The van der Waals surface area contributed by atoms with E-state index in [1.807, 2.05) is 12.1 Å². The highest BCUT2D eigenvalue weighted by molar-refractivity contribution is 6.05. The van der Waals surface area contributed by atoms with Crippen LogP contribution in [0.3, 0.4) is 0 Å². The first-order valence-corrected chi connectivity index (χ1v) is 10.4. The molecule has 2 saturated heterocycles. The summed E-state index contributed by atoms with van der Waals surface area (Å²) in [5.41, 5.74) is 8.44. The van der Waals surface area contributed by atoms with E-state index < -0.39 is 6.04 Å². The predicted octanol–water partition coefficient (Wildman–Crippen LogP) is 0.387. The maximum atomic E-state index is 12.8. The molecule has 2 atom stereocenters. The van der Waals surface area contributed by atoms with Gasteiger partial charge in [0.15, 0.2) is 0 Å². The van der Waals surface area contributed by atoms with Crippen LogP contribution in [0.4, 0.5) is 0 Å². The van der Waals surface area contributed by atoms with Gasteiger partial charge >= 0.3 is 0 Å². The van der Waals surface area contributed by atoms with E-state index in [9.17, 15) is 14.4 Å². The van der Waals surface area contributed by atoms with Crippen molar-refractivity contribution in [1.29, 1.82) is 0 Å². The molecule has 3 aliphatic rings. The number of nitrogens with one attached hydrogen (secondary N) is 1. The molecule has 2 unspecified atom stereocenters. The fraction of sp³-hybridized carbons (Fsp3) is 0.571. The molecule has 0 bridgehead atoms. The average molecular weight is 400 g/mol. The largest absolute Gasteiger partial charge is 0.377 e. The van der Waals surface area contributed by atoms with Gasteiger partial charge in [-0.3, -0.25) is 24.6 Å². The third-order valence-electron chi connectivity index (χ3n) is 5.92. The number of rotatable bonds is 5. The van der Waals surface area contributed by atoms with Crippen LogP contribution in [0.15, 0.2) is 18.2 Å². The van der Waals surface area contributed by atoms with Crippen molar-refractivity contribution in [3.63, 3.8) is 0 Å². The second-order valence-electron chi connectivity index (χ2n) is 8.05. The van der Waals surface area contributed by atoms with Gasteiger partial charge < -0.3 is 15.4 Å². The van der Waals surface area contributed by atoms with E-state index in [0.29, 0.717) is 25.1 Å². The van der Waals surface area contributed by atoms with E-state index in [0.717, 1.165) is 50.2 Å². The molecular formula is C21H28N4O4. The van der Waals surface area contributed by atoms with Gasteiger partial charge in [-0.2, -0.15) is 0 Å². The van der Waals surface area contributed by atoms with E-state index in [1.54, 1.807) is 4.90 Å². The minimum absolute atomic E-state index is 0.132. The maximum Gasteiger partial charge on any atom is 0.255 e. The molecule has 1 aromatic carbocycles. The number of ether oxygens (including phenoxy) is 1. The Balaban J connectivity index is 1.44. The molecule has 8 nitrogen and oxygen atoms in total. The Morgan fingerprint density at radius 3 is 2.90 bits per heavy atom. The third kappa shape index (κ3) is 4.34. The summed E-state index contributed by atoms with van der Waals surface area (Å²) in [6.07, 6.45) is 2.67. The predicted molar refractivity (Wildman–Crippen MR) is 106 cm³/mol. The Morgan fingerprint density at radius 1 is 1.24 bits per heavy atom. The minimum Gasteiger partial charge on any atom is -0.377 e. The summed E-state index contributed by atoms with van der Waals surface area (Å²) in [4.78, 5) is 40.4. The first-order chi connectivity index (χ1) is 14.0. The summed E-state index contributed by atoms with van der Waals surface area (Å²) >= 11 is 0. The molecule has 1 aromatic rings. The highest BCUT2D eigenvalue weighted by Gasteiger charge is 2.39. The molecule has 29 heavy (non-hydrogen) atoms. The van der Waals surface area contributed by atoms with Gasteiger partial charge in [-0.1, -0.05) is 12.1 Å². The van der Waals surface area contributed by atoms with E-state index in [2.05, 4.69) is 16.3 Å². The molecule has 156 valence electrons. The lowest BCUT2D eigenvalue weighted by molar-refractivity contribution is -0.136. The molecule has 0 aliphatic carbocycles. The first kappa shape index (κ1) is 20.0. The molecule has 0 radical (unpaired) electrons. The second-order valence-corrected chi connectivity index (χ2v) is 8.05. The fourth-order valence-electron chi connectivity index (χ4n) is 4.46. The number of hydrogen-bond donors (Lipinski definition) is 2. The highest BCUT2D eigenvalue weighted by Crippen LogP contribution is 2.28. The molecule has 0 aromatic heterocycles. The normalized spacial score (nSPS) is 25.7. The van der Waals surface area contributed by atoms with Crippen molar-refractivity contribution in [1.82, 2.24) is 15.1 Å². The van der Waals surface area contributed by atoms with Gasteiger partial charge in [0.2, 0.25) is 11.8 Å². The quantitative estimate of drug-likeness (QED) is 0.693. The van der Waals surface area contributed by atoms with Crippen LogP contribution in [0.5, 0.6) is 0 Å². The number of nitrogens with two attached hydrogens (primary N) is 1. The summed E-state index contributed by atoms with van der Waals surface area (Å²) < 4.78 is 5.86. The Labute approximate surface area is 170 Å². The molecule has 3 aliphatic heterocycles. The topological polar surface area (TPSA) is 105 Å². The maximum absolute atomic E-state index is 12.8. The zero-order valence-electron chi connectivity index (χ0n) is 16.6. The van der Waals surface area contributed by atoms with E-state index in [1.165, 1.54) is 0 Å². The summed E-state index contributed by atoms with van der Waals surface area (Å²) in [6.45, 7) is 4.42. The number of nitrogens with zero attached hydrogens (tertiary/aromatic N) is 2. The minimum atomic E-state index is -0.573. The van der Waals surface area contributed by atoms with E-state index in [4.69, 9.17) is 10.5 Å². The summed E-state index contributed by atoms with van der Waals surface area (Å²) in [6, 6.07) is 5.36. The molecule has 2 fully saturated rings. The summed E-state index contributed by atoms with van der Waals surface area (Å²) in [5.74, 6) is -0.780. The van der Waals surface area contributed by atoms with Crippen LogP contribution in [-0.4, -0.2) is 65.9 Å². The van der Waals surface area contributed by atoms with Gasteiger partial charge in [-0.15, -0.1) is 0 Å². The summed E-state index contributed by atoms with van der Waals surface area (Å²) in [5, 5.41) is 2.34. The van der Waals surface area contributed by atoms with Crippen LogP contribution in [0.1, 0.15) is 47.2 Å². The van der Waals surface area contributed by atoms with Crippen molar-refractivity contribution < 1.29 is 19.1 Å². The van der Waals surface area contributed by atoms with Crippen LogP contribution in [0.25, 0.3) is 0 Å². The van der Waals surface area contributed by atoms with Gasteiger partial charge in [0.05, 0.1) is 6.10 Å². The number of benzene rings is 1. The molecule has 8 heteroatoms. The molecule has 3 amide bonds. The first-order valence-electron chi connectivity index (χ1n) is 10.4. The highest BCUT2D eigenvalue weighted by atomic mass is 16.5. The zero-order chi connectivity index (χ0) is 20.4. The number of fused-ring (bicyclic) bond motifs is 1. The van der Waals surface area contributed by atoms with Gasteiger partial charge in [0.25, 0.3) is 5.91 Å². The van der Waals surface area contributed by atoms with Crippen LogP contribution in [0.2, 0.25) is 0 Å². The molecule has 3 heterocycles. The second kappa shape index (κ2) is 8.61. The molecule has 3 N–H and O–H groups in total. The fourth-order valence-corrected chi connectivity index (χ4v) is 4.46. The van der Waals surface area contributed by atoms with Crippen molar-refractivity contribution in [2.45, 2.75) is 50.9 Å². The molecule has 0 spiro atoms. The number of carbonyl (C=O) groups is 3. The van der Waals surface area contributed by atoms with E-state index in [-0.39, 0.29) is 30.2 Å². The van der Waals surface area contributed by atoms with Crippen LogP contribution < -0.4 is 11.1 Å². The number of carbonyl (C=O) groups excluding carboxylic acids is 3. The molecule has 0 saturated carbocycles. The van der Waals surface area contributed by atoms with Crippen LogP contribution in [0, 0.1) is 0 Å². The smallest absolute Gasteiger partial charge is 0.255 e. The lowest BCUT2D eigenvalue weighted by Gasteiger charge is -2.29. The number of hydrogen-bond acceptors (Lipinski definition) is 6. The lowest BCUT2D eigenvalue weighted by atomic mass is 10.0. The number of imide groups is 1. The van der Waals surface area contributed by atoms with Crippen molar-refractivity contribution >= 4 is 17.7 Å². The van der Waals surface area contributed by atoms with E-state index >= 15 is 0 Å². The molecular weight excluding hydrogens is 372 g/mol. The lowest BCUT2D eigenvalue weighted by Crippen LogP contribution is -2.52. The Kier molecular flexibility index (Phi) is 5.94. The van der Waals surface area contributed by atoms with Gasteiger partial charge in [-0.05, 0) is 43.0 Å². The van der Waals surface area contributed by atoms with Gasteiger partial charge in [-0.25, -0.2) is 0 Å². The molecule has 4 rings (SSSR count). The van der Waals surface area contributed by atoms with Crippen molar-refractivity contribution in [3.05, 3.63) is 34.9 Å². The number of piperidine rings is 1. The SMILES string of the molecule is NCCC1CN(Cc2ccc3c(c2)CN(C2CCC(=O)NC2=O)C3=O)CCCO1. The van der Waals surface area contributed by atoms with Gasteiger partial charge in [0, 0.05) is 44.8 Å². The third-order valence-corrected chi connectivity index (χ3v) is 5.92. The van der Waals surface area contributed by atoms with Crippen molar-refractivity contribution in [3.8, 4) is 0 Å². The van der Waals surface area contributed by atoms with Crippen molar-refractivity contribution in [2.75, 3.05) is 26.2 Å². The standard InChI is InChI=1S/C21H28N4O4/c22-7-6-16-13-24(8-1-9-29-16)11-14-2-3-17-15(10-14)12-25(21(17)28)18-4-5-19(26)23-20(18)27/h2-3,10,16,18H,1,4-9,11-13,22H2,(H,23,26,27). The summed E-state index contributed by atoms with van der Waals surface area (Å²) in [7, 11) is 0. The average Bonchev–Trinajstić information content (AvgIpc) is 2.85. The Bertz CT molecular complexity index is 812. The van der Waals surface area contributed by atoms with Crippen LogP contribution in [-0.2, 0) is 27.4 Å². The zero-order valence-corrected chi connectivity index (χ0v) is 16.6. The van der Waals surface area contributed by atoms with Crippen molar-refractivity contribution in [2.24, 2.45) is 5.73 Å². The Morgan fingerprint density at radius 2 is 2.10 bits per heavy atom. The monoisotopic (exact) mass is 400 g/mol.